The van der Waals surface area contributed by atoms with E-state index in [0.29, 0.717) is 17.8 Å². The Hall–Kier alpha value is -2.37. The number of alkyl halides is 3. The first-order valence-corrected chi connectivity index (χ1v) is 6.66. The Morgan fingerprint density at radius 1 is 1.14 bits per heavy atom. The SMILES string of the molecule is Cc1cc(C(F)(F)F)cc(NCc2cccc(N=O)c2)c1C. The first-order valence-electron chi connectivity index (χ1n) is 6.66. The number of anilines is 1. The Labute approximate surface area is 126 Å². The molecule has 0 radical (unpaired) electrons. The van der Waals surface area contributed by atoms with Crippen LogP contribution in [0.3, 0.4) is 0 Å². The van der Waals surface area contributed by atoms with E-state index in [2.05, 4.69) is 10.5 Å². The number of benzene rings is 2. The third kappa shape index (κ3) is 3.63. The number of hydrogen-bond acceptors (Lipinski definition) is 3. The monoisotopic (exact) mass is 308 g/mol. The van der Waals surface area contributed by atoms with E-state index in [9.17, 15) is 18.1 Å². The molecule has 0 fully saturated rings. The first kappa shape index (κ1) is 16.0. The second-order valence-corrected chi connectivity index (χ2v) is 5.08. The van der Waals surface area contributed by atoms with Crippen LogP contribution in [0.25, 0.3) is 0 Å². The summed E-state index contributed by atoms with van der Waals surface area (Å²) in [4.78, 5) is 10.5. The Morgan fingerprint density at radius 3 is 2.50 bits per heavy atom. The zero-order valence-corrected chi connectivity index (χ0v) is 12.2. The average molecular weight is 308 g/mol. The summed E-state index contributed by atoms with van der Waals surface area (Å²) in [6.07, 6.45) is -4.38. The molecule has 3 nitrogen and oxygen atoms in total. The topological polar surface area (TPSA) is 41.5 Å². The van der Waals surface area contributed by atoms with E-state index in [1.165, 1.54) is 0 Å². The highest BCUT2D eigenvalue weighted by atomic mass is 19.4. The van der Waals surface area contributed by atoms with Crippen LogP contribution in [-0.2, 0) is 12.7 Å². The maximum absolute atomic E-state index is 12.9. The van der Waals surface area contributed by atoms with Gasteiger partial charge in [0.1, 0.15) is 5.69 Å². The third-order valence-electron chi connectivity index (χ3n) is 3.49. The van der Waals surface area contributed by atoms with Crippen LogP contribution in [0.5, 0.6) is 0 Å². The van der Waals surface area contributed by atoms with Gasteiger partial charge < -0.3 is 5.32 Å². The molecule has 0 bridgehead atoms. The summed E-state index contributed by atoms with van der Waals surface area (Å²) < 4.78 is 38.6. The van der Waals surface area contributed by atoms with Crippen LogP contribution in [0.15, 0.2) is 41.6 Å². The lowest BCUT2D eigenvalue weighted by molar-refractivity contribution is -0.137. The standard InChI is InChI=1S/C16H15F3N2O/c1-10-6-13(16(17,18)19)8-15(11(10)2)20-9-12-4-3-5-14(7-12)21-22/h3-8,20H,9H2,1-2H3. The van der Waals surface area contributed by atoms with Gasteiger partial charge in [-0.05, 0) is 60.0 Å². The fraction of sp³-hybridized carbons (Fsp3) is 0.250. The number of halogens is 3. The lowest BCUT2D eigenvalue weighted by atomic mass is 10.0. The summed E-state index contributed by atoms with van der Waals surface area (Å²) in [6.45, 7) is 3.72. The largest absolute Gasteiger partial charge is 0.416 e. The molecule has 6 heteroatoms. The van der Waals surface area contributed by atoms with Gasteiger partial charge in [0.15, 0.2) is 0 Å². The zero-order valence-electron chi connectivity index (χ0n) is 12.2. The average Bonchev–Trinajstić information content (AvgIpc) is 2.47. The lowest BCUT2D eigenvalue weighted by Crippen LogP contribution is -2.09. The molecule has 0 aliphatic rings. The van der Waals surface area contributed by atoms with Crippen molar-refractivity contribution in [3.8, 4) is 0 Å². The number of nitrogens with one attached hydrogen (secondary N) is 1. The summed E-state index contributed by atoms with van der Waals surface area (Å²) in [6, 6.07) is 8.85. The molecular formula is C16H15F3N2O. The van der Waals surface area contributed by atoms with E-state index < -0.39 is 11.7 Å². The zero-order chi connectivity index (χ0) is 16.3. The van der Waals surface area contributed by atoms with Crippen LogP contribution in [0.1, 0.15) is 22.3 Å². The molecule has 0 saturated carbocycles. The molecule has 22 heavy (non-hydrogen) atoms. The van der Waals surface area contributed by atoms with Crippen LogP contribution in [-0.4, -0.2) is 0 Å². The lowest BCUT2D eigenvalue weighted by Gasteiger charge is -2.16. The van der Waals surface area contributed by atoms with Crippen molar-refractivity contribution in [2.75, 3.05) is 5.32 Å². The number of nitrogens with zero attached hydrogens (tertiary/aromatic N) is 1. The number of hydrogen-bond donors (Lipinski definition) is 1. The Balaban J connectivity index is 2.25. The molecule has 2 aromatic carbocycles. The van der Waals surface area contributed by atoms with Crippen molar-refractivity contribution < 1.29 is 13.2 Å². The molecule has 0 spiro atoms. The van der Waals surface area contributed by atoms with Gasteiger partial charge in [-0.3, -0.25) is 0 Å². The summed E-state index contributed by atoms with van der Waals surface area (Å²) in [5.41, 5.74) is 2.14. The molecule has 0 heterocycles. The molecule has 0 aliphatic heterocycles. The van der Waals surface area contributed by atoms with Gasteiger partial charge in [-0.25, -0.2) is 0 Å². The summed E-state index contributed by atoms with van der Waals surface area (Å²) >= 11 is 0. The molecule has 2 rings (SSSR count). The molecule has 1 N–H and O–H groups in total. The van der Waals surface area contributed by atoms with Crippen molar-refractivity contribution >= 4 is 11.4 Å². The van der Waals surface area contributed by atoms with Crippen molar-refractivity contribution in [3.05, 3.63) is 63.6 Å². The maximum atomic E-state index is 12.9. The molecule has 0 unspecified atom stereocenters. The van der Waals surface area contributed by atoms with Gasteiger partial charge in [0.05, 0.1) is 5.56 Å². The Morgan fingerprint density at radius 2 is 1.86 bits per heavy atom. The second kappa shape index (κ2) is 6.17. The van der Waals surface area contributed by atoms with Gasteiger partial charge >= 0.3 is 6.18 Å². The second-order valence-electron chi connectivity index (χ2n) is 5.08. The van der Waals surface area contributed by atoms with E-state index in [-0.39, 0.29) is 5.69 Å². The smallest absolute Gasteiger partial charge is 0.381 e. The van der Waals surface area contributed by atoms with Crippen LogP contribution >= 0.6 is 0 Å². The first-order chi connectivity index (χ1) is 10.3. The minimum atomic E-state index is -4.38. The highest BCUT2D eigenvalue weighted by Crippen LogP contribution is 2.33. The number of nitroso groups, excluding NO2 is 1. The molecule has 0 atom stereocenters. The van der Waals surface area contributed by atoms with Gasteiger partial charge in [-0.1, -0.05) is 12.1 Å². The van der Waals surface area contributed by atoms with Crippen molar-refractivity contribution in [3.63, 3.8) is 0 Å². The van der Waals surface area contributed by atoms with E-state index >= 15 is 0 Å². The summed E-state index contributed by atoms with van der Waals surface area (Å²) in [5.74, 6) is 0. The molecule has 116 valence electrons. The van der Waals surface area contributed by atoms with E-state index in [0.717, 1.165) is 23.3 Å². The fourth-order valence-corrected chi connectivity index (χ4v) is 2.13. The fourth-order valence-electron chi connectivity index (χ4n) is 2.13. The van der Waals surface area contributed by atoms with Crippen LogP contribution in [0.2, 0.25) is 0 Å². The molecule has 2 aromatic rings. The molecular weight excluding hydrogens is 293 g/mol. The highest BCUT2D eigenvalue weighted by molar-refractivity contribution is 5.57. The minimum Gasteiger partial charge on any atom is -0.381 e. The van der Waals surface area contributed by atoms with E-state index in [1.54, 1.807) is 38.1 Å². The highest BCUT2D eigenvalue weighted by Gasteiger charge is 2.31. The predicted molar refractivity (Wildman–Crippen MR) is 80.1 cm³/mol. The van der Waals surface area contributed by atoms with Gasteiger partial charge in [-0.15, -0.1) is 4.91 Å². The number of rotatable bonds is 4. The Kier molecular flexibility index (Phi) is 4.49. The third-order valence-corrected chi connectivity index (χ3v) is 3.49. The van der Waals surface area contributed by atoms with Gasteiger partial charge in [0.2, 0.25) is 0 Å². The van der Waals surface area contributed by atoms with Crippen molar-refractivity contribution in [1.29, 1.82) is 0 Å². The maximum Gasteiger partial charge on any atom is 0.416 e. The quantitative estimate of drug-likeness (QED) is 0.775. The predicted octanol–water partition coefficient (Wildman–Crippen LogP) is 5.33. The van der Waals surface area contributed by atoms with Gasteiger partial charge in [-0.2, -0.15) is 13.2 Å². The van der Waals surface area contributed by atoms with Crippen LogP contribution in [0.4, 0.5) is 24.5 Å². The molecule has 0 aliphatic carbocycles. The van der Waals surface area contributed by atoms with Crippen LogP contribution < -0.4 is 5.32 Å². The molecule has 0 aromatic heterocycles. The molecule has 0 saturated heterocycles. The summed E-state index contributed by atoms with van der Waals surface area (Å²) in [7, 11) is 0. The number of aryl methyl sites for hydroxylation is 1. The van der Waals surface area contributed by atoms with Crippen molar-refractivity contribution in [1.82, 2.24) is 0 Å². The van der Waals surface area contributed by atoms with Gasteiger partial charge in [0, 0.05) is 12.2 Å². The normalized spacial score (nSPS) is 11.3. The summed E-state index contributed by atoms with van der Waals surface area (Å²) in [5, 5.41) is 5.83. The van der Waals surface area contributed by atoms with E-state index in [1.807, 2.05) is 0 Å². The van der Waals surface area contributed by atoms with Crippen molar-refractivity contribution in [2.24, 2.45) is 5.18 Å². The van der Waals surface area contributed by atoms with Crippen molar-refractivity contribution in [2.45, 2.75) is 26.6 Å². The minimum absolute atomic E-state index is 0.288. The van der Waals surface area contributed by atoms with Crippen LogP contribution in [0, 0.1) is 18.8 Å². The van der Waals surface area contributed by atoms with Gasteiger partial charge in [0.25, 0.3) is 0 Å². The Bertz CT molecular complexity index is 696. The van der Waals surface area contributed by atoms with E-state index in [4.69, 9.17) is 0 Å². The molecule has 0 amide bonds.